The molecule has 5 aliphatic rings. The van der Waals surface area contributed by atoms with Gasteiger partial charge in [0, 0.05) is 35.8 Å². The van der Waals surface area contributed by atoms with Crippen LogP contribution in [0.4, 0.5) is 0 Å². The van der Waals surface area contributed by atoms with Crippen LogP contribution in [0.15, 0.2) is 24.3 Å². The van der Waals surface area contributed by atoms with Gasteiger partial charge in [0.2, 0.25) is 11.8 Å². The van der Waals surface area contributed by atoms with E-state index in [1.807, 2.05) is 6.07 Å². The Morgan fingerprint density at radius 3 is 2.71 bits per heavy atom. The van der Waals surface area contributed by atoms with E-state index >= 15 is 0 Å². The van der Waals surface area contributed by atoms with Crippen molar-refractivity contribution >= 4 is 11.8 Å². The van der Waals surface area contributed by atoms with E-state index in [9.17, 15) is 9.59 Å². The van der Waals surface area contributed by atoms with Crippen LogP contribution in [-0.2, 0) is 21.4 Å². The predicted octanol–water partition coefficient (Wildman–Crippen LogP) is 1.66. The number of hydrogen-bond donors (Lipinski definition) is 0. The van der Waals surface area contributed by atoms with Gasteiger partial charge in [0.25, 0.3) is 0 Å². The topological polar surface area (TPSA) is 59.1 Å². The summed E-state index contributed by atoms with van der Waals surface area (Å²) in [4.78, 5) is 29.0. The standard InChI is InChI=1S/C22H24N2O4/c1-23-10-9-22-13-4-5-14(24-17(25)7-8-18(24)26)21(22)28-20-16(27-2)6-3-12(19(20)22)11-15(13)23/h3-6,13-15,21H,7-11H2,1-2H3/t13-,14+,15+,21-,22-/m0/s1. The largest absolute Gasteiger partial charge is 0.493 e. The van der Waals surface area contributed by atoms with E-state index in [-0.39, 0.29) is 29.4 Å². The summed E-state index contributed by atoms with van der Waals surface area (Å²) in [7, 11) is 3.87. The summed E-state index contributed by atoms with van der Waals surface area (Å²) in [6, 6.07) is 4.24. The number of carbonyl (C=O) groups excluding carboxylic acids is 2. The van der Waals surface area contributed by atoms with Crippen molar-refractivity contribution in [2.45, 2.75) is 49.3 Å². The maximum absolute atomic E-state index is 12.5. The number of piperidine rings is 1. The molecular weight excluding hydrogens is 356 g/mol. The van der Waals surface area contributed by atoms with Crippen molar-refractivity contribution in [1.29, 1.82) is 0 Å². The molecule has 28 heavy (non-hydrogen) atoms. The molecule has 6 nitrogen and oxygen atoms in total. The number of ether oxygens (including phenoxy) is 2. The fourth-order valence-electron chi connectivity index (χ4n) is 6.54. The zero-order valence-electron chi connectivity index (χ0n) is 16.2. The molecule has 2 amide bonds. The average Bonchev–Trinajstić information content (AvgIpc) is 3.21. The highest BCUT2D eigenvalue weighted by Crippen LogP contribution is 2.63. The minimum absolute atomic E-state index is 0.0819. The van der Waals surface area contributed by atoms with E-state index in [1.165, 1.54) is 16.0 Å². The van der Waals surface area contributed by atoms with Crippen LogP contribution in [0.5, 0.6) is 11.5 Å². The van der Waals surface area contributed by atoms with Crippen LogP contribution < -0.4 is 9.47 Å². The Kier molecular flexibility index (Phi) is 3.19. The van der Waals surface area contributed by atoms with Crippen LogP contribution in [0.1, 0.15) is 30.4 Å². The molecule has 0 N–H and O–H groups in total. The lowest BCUT2D eigenvalue weighted by atomic mass is 9.53. The van der Waals surface area contributed by atoms with E-state index < -0.39 is 0 Å². The third-order valence-electron chi connectivity index (χ3n) is 7.74. The second-order valence-electron chi connectivity index (χ2n) is 8.77. The summed E-state index contributed by atoms with van der Waals surface area (Å²) < 4.78 is 12.2. The van der Waals surface area contributed by atoms with Gasteiger partial charge < -0.3 is 14.4 Å². The van der Waals surface area contributed by atoms with Crippen molar-refractivity contribution in [2.24, 2.45) is 5.92 Å². The quantitative estimate of drug-likeness (QED) is 0.577. The van der Waals surface area contributed by atoms with Gasteiger partial charge in [-0.05, 0) is 38.1 Å². The highest BCUT2D eigenvalue weighted by atomic mass is 16.5. The number of likely N-dealkylation sites (N-methyl/N-ethyl adjacent to an activating group) is 1. The Balaban J connectivity index is 1.58. The minimum Gasteiger partial charge on any atom is -0.493 e. The van der Waals surface area contributed by atoms with Gasteiger partial charge in [-0.3, -0.25) is 14.5 Å². The lowest BCUT2D eigenvalue weighted by molar-refractivity contribution is -0.144. The van der Waals surface area contributed by atoms with Gasteiger partial charge in [0.05, 0.1) is 13.2 Å². The van der Waals surface area contributed by atoms with Gasteiger partial charge in [0.1, 0.15) is 6.10 Å². The molecule has 2 saturated heterocycles. The van der Waals surface area contributed by atoms with Crippen LogP contribution >= 0.6 is 0 Å². The molecule has 1 spiro atoms. The molecule has 2 bridgehead atoms. The molecule has 2 aliphatic carbocycles. The SMILES string of the molecule is COc1ccc2c3c1O[C@H]1[C@H](N4C(=O)CCC4=O)C=C[C@H]4[C@@H](C2)N(C)CC[C@@]341. The molecule has 6 rings (SSSR count). The number of rotatable bonds is 2. The molecule has 0 saturated carbocycles. The summed E-state index contributed by atoms with van der Waals surface area (Å²) in [6.45, 7) is 0.986. The summed E-state index contributed by atoms with van der Waals surface area (Å²) in [5, 5.41) is 0. The second-order valence-corrected chi connectivity index (χ2v) is 8.77. The molecule has 0 radical (unpaired) electrons. The van der Waals surface area contributed by atoms with Crippen molar-refractivity contribution in [3.63, 3.8) is 0 Å². The molecule has 6 heteroatoms. The highest BCUT2D eigenvalue weighted by molar-refractivity contribution is 6.02. The van der Waals surface area contributed by atoms with Crippen LogP contribution in [0.2, 0.25) is 0 Å². The number of likely N-dealkylation sites (tertiary alicyclic amines) is 2. The molecular formula is C22H24N2O4. The highest BCUT2D eigenvalue weighted by Gasteiger charge is 2.65. The number of amides is 2. The molecule has 146 valence electrons. The lowest BCUT2D eigenvalue weighted by Crippen LogP contribution is -2.67. The minimum atomic E-state index is -0.342. The van der Waals surface area contributed by atoms with E-state index in [0.717, 1.165) is 30.9 Å². The van der Waals surface area contributed by atoms with Crippen molar-refractivity contribution in [3.05, 3.63) is 35.4 Å². The van der Waals surface area contributed by atoms with E-state index in [1.54, 1.807) is 7.11 Å². The van der Waals surface area contributed by atoms with Crippen LogP contribution in [0, 0.1) is 5.92 Å². The number of carbonyl (C=O) groups is 2. The number of benzene rings is 1. The first-order valence-corrected chi connectivity index (χ1v) is 10.2. The monoisotopic (exact) mass is 380 g/mol. The number of imide groups is 1. The van der Waals surface area contributed by atoms with E-state index in [4.69, 9.17) is 9.47 Å². The molecule has 3 aliphatic heterocycles. The zero-order chi connectivity index (χ0) is 19.2. The van der Waals surface area contributed by atoms with Crippen molar-refractivity contribution < 1.29 is 19.1 Å². The Hall–Kier alpha value is -2.34. The third kappa shape index (κ3) is 1.78. The lowest BCUT2D eigenvalue weighted by Gasteiger charge is -2.57. The normalized spacial score (nSPS) is 37.9. The Bertz CT molecular complexity index is 925. The van der Waals surface area contributed by atoms with E-state index in [0.29, 0.717) is 24.8 Å². The van der Waals surface area contributed by atoms with Crippen molar-refractivity contribution in [2.75, 3.05) is 20.7 Å². The van der Waals surface area contributed by atoms with E-state index in [2.05, 4.69) is 30.2 Å². The van der Waals surface area contributed by atoms with Crippen molar-refractivity contribution in [3.8, 4) is 11.5 Å². The zero-order valence-corrected chi connectivity index (χ0v) is 16.2. The molecule has 0 unspecified atom stereocenters. The summed E-state index contributed by atoms with van der Waals surface area (Å²) in [6.07, 6.45) is 6.64. The molecule has 1 aromatic rings. The first-order valence-electron chi connectivity index (χ1n) is 10.2. The van der Waals surface area contributed by atoms with Gasteiger partial charge in [-0.15, -0.1) is 0 Å². The fourth-order valence-corrected chi connectivity index (χ4v) is 6.54. The van der Waals surface area contributed by atoms with Crippen LogP contribution in [0.25, 0.3) is 0 Å². The molecule has 3 heterocycles. The first-order chi connectivity index (χ1) is 13.6. The summed E-state index contributed by atoms with van der Waals surface area (Å²) in [5.74, 6) is 1.73. The third-order valence-corrected chi connectivity index (χ3v) is 7.74. The van der Waals surface area contributed by atoms with Gasteiger partial charge in [-0.25, -0.2) is 0 Å². The molecule has 2 fully saturated rings. The van der Waals surface area contributed by atoms with Gasteiger partial charge in [-0.2, -0.15) is 0 Å². The maximum atomic E-state index is 12.5. The van der Waals surface area contributed by atoms with Crippen LogP contribution in [0.3, 0.4) is 0 Å². The molecule has 0 aromatic heterocycles. The maximum Gasteiger partial charge on any atom is 0.230 e. The number of hydrogen-bond acceptors (Lipinski definition) is 5. The summed E-state index contributed by atoms with van der Waals surface area (Å²) >= 11 is 0. The van der Waals surface area contributed by atoms with Crippen LogP contribution in [-0.4, -0.2) is 60.5 Å². The second kappa shape index (κ2) is 5.38. The first kappa shape index (κ1) is 16.6. The van der Waals surface area contributed by atoms with Gasteiger partial charge in [-0.1, -0.05) is 18.2 Å². The average molecular weight is 380 g/mol. The predicted molar refractivity (Wildman–Crippen MR) is 101 cm³/mol. The molecule has 1 aromatic carbocycles. The number of methoxy groups -OCH3 is 1. The Morgan fingerprint density at radius 2 is 1.96 bits per heavy atom. The number of nitrogens with zero attached hydrogens (tertiary/aromatic N) is 2. The fraction of sp³-hybridized carbons (Fsp3) is 0.545. The molecule has 5 atom stereocenters. The van der Waals surface area contributed by atoms with Gasteiger partial charge in [0.15, 0.2) is 11.5 Å². The smallest absolute Gasteiger partial charge is 0.230 e. The Labute approximate surface area is 164 Å². The Morgan fingerprint density at radius 1 is 1.18 bits per heavy atom. The summed E-state index contributed by atoms with van der Waals surface area (Å²) in [5.41, 5.74) is 2.39. The van der Waals surface area contributed by atoms with Gasteiger partial charge >= 0.3 is 0 Å². The van der Waals surface area contributed by atoms with Crippen molar-refractivity contribution in [1.82, 2.24) is 9.80 Å².